The number of nitrogens with zero attached hydrogens (tertiary/aromatic N) is 1. The summed E-state index contributed by atoms with van der Waals surface area (Å²) in [6, 6.07) is 11.1. The van der Waals surface area contributed by atoms with Crippen LogP contribution in [0.3, 0.4) is 0 Å². The molecule has 0 radical (unpaired) electrons. The number of methoxy groups -OCH3 is 1. The Morgan fingerprint density at radius 2 is 2.05 bits per heavy atom. The SMILES string of the molecule is CO[C@H]1[C@H](CSc2ccccc2)[C@H]2CCC(=O)N2[C@@H]1C(C)C. The molecule has 0 aliphatic carbocycles. The second-order valence-electron chi connectivity index (χ2n) is 6.63. The van der Waals surface area contributed by atoms with Gasteiger partial charge in [-0.25, -0.2) is 0 Å². The number of fused-ring (bicyclic) bond motifs is 1. The van der Waals surface area contributed by atoms with Crippen molar-refractivity contribution in [3.05, 3.63) is 30.3 Å². The maximum Gasteiger partial charge on any atom is 0.223 e. The summed E-state index contributed by atoms with van der Waals surface area (Å²) < 4.78 is 5.86. The molecule has 1 amide bonds. The Balaban J connectivity index is 1.78. The van der Waals surface area contributed by atoms with E-state index in [1.54, 1.807) is 7.11 Å². The van der Waals surface area contributed by atoms with E-state index in [2.05, 4.69) is 43.0 Å². The minimum atomic E-state index is 0.158. The molecule has 2 saturated heterocycles. The van der Waals surface area contributed by atoms with Gasteiger partial charge in [0.2, 0.25) is 5.91 Å². The number of carbonyl (C=O) groups excluding carboxylic acids is 1. The van der Waals surface area contributed by atoms with Gasteiger partial charge in [0.25, 0.3) is 0 Å². The quantitative estimate of drug-likeness (QED) is 0.779. The third-order valence-electron chi connectivity index (χ3n) is 5.01. The fourth-order valence-electron chi connectivity index (χ4n) is 4.09. The molecule has 4 heteroatoms. The summed E-state index contributed by atoms with van der Waals surface area (Å²) in [5, 5.41) is 0. The van der Waals surface area contributed by atoms with Crippen LogP contribution in [-0.2, 0) is 9.53 Å². The van der Waals surface area contributed by atoms with E-state index in [9.17, 15) is 4.79 Å². The number of rotatable bonds is 5. The van der Waals surface area contributed by atoms with E-state index >= 15 is 0 Å². The van der Waals surface area contributed by atoms with Crippen LogP contribution in [0.4, 0.5) is 0 Å². The molecule has 120 valence electrons. The molecule has 1 aromatic rings. The highest BCUT2D eigenvalue weighted by Crippen LogP contribution is 2.43. The first-order valence-electron chi connectivity index (χ1n) is 8.15. The highest BCUT2D eigenvalue weighted by molar-refractivity contribution is 7.99. The number of thioether (sulfide) groups is 1. The lowest BCUT2D eigenvalue weighted by atomic mass is 9.91. The topological polar surface area (TPSA) is 29.5 Å². The van der Waals surface area contributed by atoms with Crippen molar-refractivity contribution in [3.8, 4) is 0 Å². The average Bonchev–Trinajstić information content (AvgIpc) is 3.04. The molecule has 3 nitrogen and oxygen atoms in total. The molecule has 3 rings (SSSR count). The molecule has 0 unspecified atom stereocenters. The fraction of sp³-hybridized carbons (Fsp3) is 0.611. The van der Waals surface area contributed by atoms with Crippen LogP contribution in [-0.4, -0.2) is 41.9 Å². The van der Waals surface area contributed by atoms with Crippen molar-refractivity contribution in [2.45, 2.75) is 49.8 Å². The van der Waals surface area contributed by atoms with Crippen LogP contribution in [0.2, 0.25) is 0 Å². The number of carbonyl (C=O) groups is 1. The zero-order chi connectivity index (χ0) is 15.7. The van der Waals surface area contributed by atoms with Crippen molar-refractivity contribution in [2.75, 3.05) is 12.9 Å². The Hall–Kier alpha value is -1.00. The van der Waals surface area contributed by atoms with Gasteiger partial charge in [0.05, 0.1) is 12.1 Å². The van der Waals surface area contributed by atoms with Gasteiger partial charge in [0.15, 0.2) is 0 Å². The van der Waals surface area contributed by atoms with Gasteiger partial charge in [-0.2, -0.15) is 0 Å². The molecular weight excluding hydrogens is 294 g/mol. The van der Waals surface area contributed by atoms with E-state index in [0.717, 1.165) is 12.2 Å². The van der Waals surface area contributed by atoms with Gasteiger partial charge in [-0.15, -0.1) is 11.8 Å². The molecule has 0 bridgehead atoms. The van der Waals surface area contributed by atoms with Crippen molar-refractivity contribution in [1.29, 1.82) is 0 Å². The van der Waals surface area contributed by atoms with Gasteiger partial charge in [0.1, 0.15) is 0 Å². The minimum Gasteiger partial charge on any atom is -0.379 e. The lowest BCUT2D eigenvalue weighted by Crippen LogP contribution is -2.43. The van der Waals surface area contributed by atoms with Crippen LogP contribution in [0, 0.1) is 11.8 Å². The Morgan fingerprint density at radius 1 is 1.32 bits per heavy atom. The first-order valence-corrected chi connectivity index (χ1v) is 9.14. The van der Waals surface area contributed by atoms with Gasteiger partial charge in [-0.3, -0.25) is 4.79 Å². The van der Waals surface area contributed by atoms with Crippen molar-refractivity contribution in [1.82, 2.24) is 4.90 Å². The summed E-state index contributed by atoms with van der Waals surface area (Å²) in [5.74, 6) is 2.19. The first kappa shape index (κ1) is 15.9. The standard InChI is InChI=1S/C18H25NO2S/c1-12(2)17-18(21-3)14(15-9-10-16(20)19(15)17)11-22-13-7-5-4-6-8-13/h4-8,12,14-15,17-18H,9-11H2,1-3H3/t14-,15-,17-,18+/m1/s1. The molecule has 2 heterocycles. The smallest absolute Gasteiger partial charge is 0.223 e. The maximum atomic E-state index is 12.3. The van der Waals surface area contributed by atoms with Crippen LogP contribution in [0.5, 0.6) is 0 Å². The second kappa shape index (κ2) is 6.63. The second-order valence-corrected chi connectivity index (χ2v) is 7.72. The van der Waals surface area contributed by atoms with Crippen molar-refractivity contribution in [3.63, 3.8) is 0 Å². The average molecular weight is 319 g/mol. The Morgan fingerprint density at radius 3 is 2.68 bits per heavy atom. The van der Waals surface area contributed by atoms with Gasteiger partial charge >= 0.3 is 0 Å². The summed E-state index contributed by atoms with van der Waals surface area (Å²) in [6.07, 6.45) is 1.85. The predicted octanol–water partition coefficient (Wildman–Crippen LogP) is 3.44. The Kier molecular flexibility index (Phi) is 4.79. The van der Waals surface area contributed by atoms with Crippen molar-refractivity contribution < 1.29 is 9.53 Å². The van der Waals surface area contributed by atoms with Crippen molar-refractivity contribution >= 4 is 17.7 Å². The minimum absolute atomic E-state index is 0.158. The highest BCUT2D eigenvalue weighted by Gasteiger charge is 2.54. The predicted molar refractivity (Wildman–Crippen MR) is 89.9 cm³/mol. The number of benzene rings is 1. The highest BCUT2D eigenvalue weighted by atomic mass is 32.2. The molecule has 0 saturated carbocycles. The van der Waals surface area contributed by atoms with Gasteiger partial charge in [0, 0.05) is 36.1 Å². The summed E-state index contributed by atoms with van der Waals surface area (Å²) in [6.45, 7) is 4.40. The zero-order valence-corrected chi connectivity index (χ0v) is 14.4. The lowest BCUT2D eigenvalue weighted by molar-refractivity contribution is -0.131. The molecular formula is C18H25NO2S. The summed E-state index contributed by atoms with van der Waals surface area (Å²) in [5.41, 5.74) is 0. The normalized spacial score (nSPS) is 31.1. The van der Waals surface area contributed by atoms with E-state index in [0.29, 0.717) is 30.2 Å². The largest absolute Gasteiger partial charge is 0.379 e. The van der Waals surface area contributed by atoms with Gasteiger partial charge < -0.3 is 9.64 Å². The molecule has 2 fully saturated rings. The van der Waals surface area contributed by atoms with Crippen LogP contribution in [0.1, 0.15) is 26.7 Å². The van der Waals surface area contributed by atoms with E-state index < -0.39 is 0 Å². The number of amides is 1. The van der Waals surface area contributed by atoms with Crippen LogP contribution in [0.25, 0.3) is 0 Å². The summed E-state index contributed by atoms with van der Waals surface area (Å²) in [7, 11) is 1.80. The molecule has 0 N–H and O–H groups in total. The Labute approximate surface area is 137 Å². The molecule has 0 spiro atoms. The number of hydrogen-bond donors (Lipinski definition) is 0. The lowest BCUT2D eigenvalue weighted by Gasteiger charge is -2.30. The molecule has 1 aromatic carbocycles. The maximum absolute atomic E-state index is 12.3. The molecule has 22 heavy (non-hydrogen) atoms. The van der Waals surface area contributed by atoms with E-state index in [1.165, 1.54) is 4.90 Å². The number of hydrogen-bond acceptors (Lipinski definition) is 3. The first-order chi connectivity index (χ1) is 10.6. The Bertz CT molecular complexity index is 519. The van der Waals surface area contributed by atoms with E-state index in [4.69, 9.17) is 4.74 Å². The summed E-state index contributed by atoms with van der Waals surface area (Å²) >= 11 is 1.88. The van der Waals surface area contributed by atoms with Crippen LogP contribution < -0.4 is 0 Å². The monoisotopic (exact) mass is 319 g/mol. The van der Waals surface area contributed by atoms with E-state index in [-0.39, 0.29) is 12.1 Å². The van der Waals surface area contributed by atoms with Crippen molar-refractivity contribution in [2.24, 2.45) is 11.8 Å². The van der Waals surface area contributed by atoms with Crippen LogP contribution >= 0.6 is 11.8 Å². The number of ether oxygens (including phenoxy) is 1. The third kappa shape index (κ3) is 2.79. The van der Waals surface area contributed by atoms with Crippen LogP contribution in [0.15, 0.2) is 35.2 Å². The van der Waals surface area contributed by atoms with Gasteiger partial charge in [-0.05, 0) is 24.5 Å². The molecule has 4 atom stereocenters. The zero-order valence-electron chi connectivity index (χ0n) is 13.6. The fourth-order valence-corrected chi connectivity index (χ4v) is 5.24. The van der Waals surface area contributed by atoms with E-state index in [1.807, 2.05) is 17.8 Å². The summed E-state index contributed by atoms with van der Waals surface area (Å²) in [4.78, 5) is 15.8. The molecule has 2 aliphatic heterocycles. The third-order valence-corrected chi connectivity index (χ3v) is 6.17. The van der Waals surface area contributed by atoms with Gasteiger partial charge in [-0.1, -0.05) is 32.0 Å². The molecule has 2 aliphatic rings. The molecule has 0 aromatic heterocycles.